The number of aromatic nitrogens is 1. The van der Waals surface area contributed by atoms with E-state index in [1.165, 1.54) is 24.2 Å². The number of amides is 1. The molecule has 6 nitrogen and oxygen atoms in total. The molecular weight excluding hydrogens is 469 g/mol. The van der Waals surface area contributed by atoms with Crippen LogP contribution in [0.1, 0.15) is 34.5 Å². The van der Waals surface area contributed by atoms with Gasteiger partial charge in [-0.05, 0) is 67.3 Å². The van der Waals surface area contributed by atoms with Gasteiger partial charge in [0.2, 0.25) is 0 Å². The molecule has 3 heterocycles. The van der Waals surface area contributed by atoms with Crippen LogP contribution in [0.2, 0.25) is 0 Å². The maximum Gasteiger partial charge on any atom is 0.573 e. The van der Waals surface area contributed by atoms with Gasteiger partial charge >= 0.3 is 6.36 Å². The van der Waals surface area contributed by atoms with Crippen LogP contribution in [-0.4, -0.2) is 43.0 Å². The fourth-order valence-corrected chi connectivity index (χ4v) is 4.88. The second-order valence-corrected chi connectivity index (χ2v) is 9.24. The van der Waals surface area contributed by atoms with Gasteiger partial charge < -0.3 is 24.4 Å². The van der Waals surface area contributed by atoms with Crippen molar-refractivity contribution in [3.63, 3.8) is 0 Å². The molecule has 190 valence electrons. The molecule has 1 fully saturated rings. The molecule has 0 bridgehead atoms. The minimum atomic E-state index is -4.68. The van der Waals surface area contributed by atoms with Gasteiger partial charge in [-0.3, -0.25) is 4.79 Å². The van der Waals surface area contributed by atoms with Crippen molar-refractivity contribution in [2.24, 2.45) is 0 Å². The van der Waals surface area contributed by atoms with Gasteiger partial charge in [-0.1, -0.05) is 12.1 Å². The Hall–Kier alpha value is -3.62. The first-order valence-corrected chi connectivity index (χ1v) is 12.3. The summed E-state index contributed by atoms with van der Waals surface area (Å²) in [6, 6.07) is 16.2. The molecule has 9 heteroatoms. The van der Waals surface area contributed by atoms with Crippen LogP contribution in [0, 0.1) is 0 Å². The number of alkyl halides is 3. The molecular formula is C27H29F3N4O2. The van der Waals surface area contributed by atoms with Gasteiger partial charge in [-0.25, -0.2) is 0 Å². The lowest BCUT2D eigenvalue weighted by Crippen LogP contribution is -2.46. The summed E-state index contributed by atoms with van der Waals surface area (Å²) in [7, 11) is 0. The smallest absolute Gasteiger partial charge is 0.406 e. The van der Waals surface area contributed by atoms with Crippen molar-refractivity contribution < 1.29 is 22.7 Å². The van der Waals surface area contributed by atoms with E-state index in [0.717, 1.165) is 68.1 Å². The first kappa shape index (κ1) is 24.1. The van der Waals surface area contributed by atoms with Crippen LogP contribution in [0.25, 0.3) is 0 Å². The van der Waals surface area contributed by atoms with Gasteiger partial charge in [-0.2, -0.15) is 0 Å². The molecule has 0 spiro atoms. The van der Waals surface area contributed by atoms with Crippen molar-refractivity contribution in [3.8, 4) is 5.75 Å². The van der Waals surface area contributed by atoms with Crippen LogP contribution >= 0.6 is 0 Å². The Morgan fingerprint density at radius 2 is 1.47 bits per heavy atom. The lowest BCUT2D eigenvalue weighted by atomic mass is 10.1. The molecule has 2 aromatic carbocycles. The van der Waals surface area contributed by atoms with Crippen molar-refractivity contribution in [2.75, 3.05) is 36.0 Å². The molecule has 2 aliphatic rings. The summed E-state index contributed by atoms with van der Waals surface area (Å²) >= 11 is 0. The molecule has 0 radical (unpaired) electrons. The number of anilines is 2. The predicted molar refractivity (Wildman–Crippen MR) is 133 cm³/mol. The van der Waals surface area contributed by atoms with Gasteiger partial charge in [-0.15, -0.1) is 13.2 Å². The summed E-state index contributed by atoms with van der Waals surface area (Å²) in [4.78, 5) is 17.0. The molecule has 5 rings (SSSR count). The number of rotatable bonds is 6. The monoisotopic (exact) mass is 498 g/mol. The number of carbonyl (C=O) groups excluding carboxylic acids is 1. The summed E-state index contributed by atoms with van der Waals surface area (Å²) in [6.45, 7) is 4.59. The molecule has 1 aromatic heterocycles. The van der Waals surface area contributed by atoms with E-state index in [1.54, 1.807) is 12.1 Å². The standard InChI is InChI=1S/C27H29F3N4O2/c28-27(29,30)36-25-10-8-23(9-11-25)33-15-13-32(14-16-33)22-6-4-20(5-7-22)18-31-26(35)21-17-24-3-1-2-12-34(24)19-21/h4-11,17,19H,1-3,12-16,18H2,(H,31,35). The maximum absolute atomic E-state index is 12.6. The van der Waals surface area contributed by atoms with Crippen LogP contribution in [0.3, 0.4) is 0 Å². The van der Waals surface area contributed by atoms with E-state index >= 15 is 0 Å². The van der Waals surface area contributed by atoms with Crippen LogP contribution in [0.5, 0.6) is 5.75 Å². The minimum Gasteiger partial charge on any atom is -0.406 e. The Morgan fingerprint density at radius 1 is 0.861 bits per heavy atom. The number of aryl methyl sites for hydroxylation is 2. The summed E-state index contributed by atoms with van der Waals surface area (Å²) in [5.74, 6) is -0.260. The molecule has 36 heavy (non-hydrogen) atoms. The van der Waals surface area contributed by atoms with Gasteiger partial charge in [0.1, 0.15) is 5.75 Å². The van der Waals surface area contributed by atoms with Crippen LogP contribution < -0.4 is 19.9 Å². The van der Waals surface area contributed by atoms with Crippen molar-refractivity contribution in [1.82, 2.24) is 9.88 Å². The quantitative estimate of drug-likeness (QED) is 0.521. The number of fused-ring (bicyclic) bond motifs is 1. The van der Waals surface area contributed by atoms with E-state index in [1.807, 2.05) is 24.4 Å². The van der Waals surface area contributed by atoms with Crippen LogP contribution in [0.15, 0.2) is 60.8 Å². The van der Waals surface area contributed by atoms with Gasteiger partial charge in [0.15, 0.2) is 0 Å². The molecule has 0 atom stereocenters. The molecule has 1 amide bonds. The summed E-state index contributed by atoms with van der Waals surface area (Å²) in [5.41, 5.74) is 4.99. The zero-order valence-electron chi connectivity index (χ0n) is 19.9. The van der Waals surface area contributed by atoms with Crippen molar-refractivity contribution in [3.05, 3.63) is 77.6 Å². The Labute approximate surface area is 208 Å². The summed E-state index contributed by atoms with van der Waals surface area (Å²) in [5, 5.41) is 3.02. The van der Waals surface area contributed by atoms with Gasteiger partial charge in [0.05, 0.1) is 5.56 Å². The van der Waals surface area contributed by atoms with Crippen LogP contribution in [0.4, 0.5) is 24.5 Å². The van der Waals surface area contributed by atoms with E-state index in [0.29, 0.717) is 6.54 Å². The topological polar surface area (TPSA) is 49.7 Å². The highest BCUT2D eigenvalue weighted by molar-refractivity contribution is 5.94. The number of ether oxygens (including phenoxy) is 1. The molecule has 3 aromatic rings. The highest BCUT2D eigenvalue weighted by Gasteiger charge is 2.31. The molecule has 1 N–H and O–H groups in total. The number of carbonyl (C=O) groups is 1. The maximum atomic E-state index is 12.6. The zero-order valence-corrected chi connectivity index (χ0v) is 19.9. The molecule has 0 unspecified atom stereocenters. The normalized spacial score (nSPS) is 16.0. The minimum absolute atomic E-state index is 0.0462. The second-order valence-electron chi connectivity index (χ2n) is 9.24. The van der Waals surface area contributed by atoms with E-state index < -0.39 is 6.36 Å². The number of nitrogens with zero attached hydrogens (tertiary/aromatic N) is 3. The van der Waals surface area contributed by atoms with Crippen molar-refractivity contribution >= 4 is 17.3 Å². The number of nitrogens with one attached hydrogen (secondary N) is 1. The lowest BCUT2D eigenvalue weighted by molar-refractivity contribution is -0.274. The van der Waals surface area contributed by atoms with E-state index in [4.69, 9.17) is 0 Å². The van der Waals surface area contributed by atoms with Gasteiger partial charge in [0.25, 0.3) is 5.91 Å². The van der Waals surface area contributed by atoms with Crippen molar-refractivity contribution in [2.45, 2.75) is 38.7 Å². The van der Waals surface area contributed by atoms with E-state index in [2.05, 4.69) is 36.6 Å². The number of hydrogen-bond acceptors (Lipinski definition) is 4. The summed E-state index contributed by atoms with van der Waals surface area (Å²) < 4.78 is 43.2. The molecule has 0 saturated carbocycles. The van der Waals surface area contributed by atoms with Crippen molar-refractivity contribution in [1.29, 1.82) is 0 Å². The number of hydrogen-bond donors (Lipinski definition) is 1. The average Bonchev–Trinajstić information content (AvgIpc) is 3.32. The average molecular weight is 499 g/mol. The zero-order chi connectivity index (χ0) is 25.1. The largest absolute Gasteiger partial charge is 0.573 e. The third-order valence-electron chi connectivity index (χ3n) is 6.80. The summed E-state index contributed by atoms with van der Waals surface area (Å²) in [6.07, 6.45) is 0.651. The van der Waals surface area contributed by atoms with E-state index in [9.17, 15) is 18.0 Å². The third kappa shape index (κ3) is 5.78. The lowest BCUT2D eigenvalue weighted by Gasteiger charge is -2.37. The molecule has 0 aliphatic carbocycles. The Kier molecular flexibility index (Phi) is 6.80. The number of halogens is 3. The number of benzene rings is 2. The fraction of sp³-hybridized carbons (Fsp3) is 0.370. The highest BCUT2D eigenvalue weighted by atomic mass is 19.4. The molecule has 1 saturated heterocycles. The third-order valence-corrected chi connectivity index (χ3v) is 6.80. The Morgan fingerprint density at radius 3 is 2.06 bits per heavy atom. The van der Waals surface area contributed by atoms with Gasteiger partial charge in [0, 0.05) is 62.5 Å². The predicted octanol–water partition coefficient (Wildman–Crippen LogP) is 4.98. The van der Waals surface area contributed by atoms with E-state index in [-0.39, 0.29) is 11.7 Å². The first-order valence-electron chi connectivity index (χ1n) is 12.3. The first-order chi connectivity index (χ1) is 17.3. The SMILES string of the molecule is O=C(NCc1ccc(N2CCN(c3ccc(OC(F)(F)F)cc3)CC2)cc1)c1cc2n(c1)CCCC2. The molecule has 2 aliphatic heterocycles. The Balaban J connectivity index is 1.10. The number of piperazine rings is 1. The Bertz CT molecular complexity index is 1160. The fourth-order valence-electron chi connectivity index (χ4n) is 4.88. The highest BCUT2D eigenvalue weighted by Crippen LogP contribution is 2.27. The second kappa shape index (κ2) is 10.2. The van der Waals surface area contributed by atoms with Crippen LogP contribution in [-0.2, 0) is 19.5 Å².